The third-order valence-electron chi connectivity index (χ3n) is 3.28. The molecule has 0 heterocycles. The summed E-state index contributed by atoms with van der Waals surface area (Å²) < 4.78 is 0. The lowest BCUT2D eigenvalue weighted by molar-refractivity contribution is -0.119. The van der Waals surface area contributed by atoms with Crippen molar-refractivity contribution in [2.24, 2.45) is 11.7 Å². The van der Waals surface area contributed by atoms with E-state index in [9.17, 15) is 4.79 Å². The highest BCUT2D eigenvalue weighted by Crippen LogP contribution is 2.22. The van der Waals surface area contributed by atoms with Crippen molar-refractivity contribution in [3.63, 3.8) is 0 Å². The third-order valence-corrected chi connectivity index (χ3v) is 3.28. The SMILES string of the molecule is C[C@@H](CCN)C(=O)Nc1cccc(-c2ccccc2)c1. The summed E-state index contributed by atoms with van der Waals surface area (Å²) in [6.45, 7) is 2.42. The molecule has 0 aliphatic carbocycles. The van der Waals surface area contributed by atoms with Crippen molar-refractivity contribution >= 4 is 11.6 Å². The number of hydrogen-bond donors (Lipinski definition) is 2. The third kappa shape index (κ3) is 3.68. The predicted octanol–water partition coefficient (Wildman–Crippen LogP) is 3.28. The molecule has 1 amide bonds. The maximum absolute atomic E-state index is 12.0. The van der Waals surface area contributed by atoms with Crippen LogP contribution in [0.2, 0.25) is 0 Å². The number of carbonyl (C=O) groups excluding carboxylic acids is 1. The van der Waals surface area contributed by atoms with Crippen molar-refractivity contribution in [1.29, 1.82) is 0 Å². The fourth-order valence-electron chi connectivity index (χ4n) is 2.05. The Labute approximate surface area is 119 Å². The van der Waals surface area contributed by atoms with Gasteiger partial charge in [-0.05, 0) is 36.2 Å². The van der Waals surface area contributed by atoms with Gasteiger partial charge < -0.3 is 11.1 Å². The summed E-state index contributed by atoms with van der Waals surface area (Å²) in [6, 6.07) is 18.0. The minimum absolute atomic E-state index is 0.0145. The molecule has 3 N–H and O–H groups in total. The average Bonchev–Trinajstić information content (AvgIpc) is 2.48. The normalized spacial score (nSPS) is 11.9. The van der Waals surface area contributed by atoms with Gasteiger partial charge in [0.25, 0.3) is 0 Å². The molecule has 0 unspecified atom stereocenters. The molecule has 2 aromatic carbocycles. The maximum atomic E-state index is 12.0. The number of benzene rings is 2. The van der Waals surface area contributed by atoms with E-state index in [1.54, 1.807) is 0 Å². The molecule has 0 saturated carbocycles. The molecule has 1 atom stereocenters. The Balaban J connectivity index is 2.13. The molecule has 0 saturated heterocycles. The lowest BCUT2D eigenvalue weighted by atomic mass is 10.0. The van der Waals surface area contributed by atoms with E-state index in [2.05, 4.69) is 17.4 Å². The van der Waals surface area contributed by atoms with Crippen LogP contribution >= 0.6 is 0 Å². The molecule has 0 aromatic heterocycles. The molecular formula is C17H20N2O. The Morgan fingerprint density at radius 2 is 1.80 bits per heavy atom. The minimum Gasteiger partial charge on any atom is -0.330 e. The van der Waals surface area contributed by atoms with Gasteiger partial charge in [0.2, 0.25) is 5.91 Å². The van der Waals surface area contributed by atoms with Crippen molar-refractivity contribution < 1.29 is 4.79 Å². The molecule has 20 heavy (non-hydrogen) atoms. The van der Waals surface area contributed by atoms with E-state index in [-0.39, 0.29) is 11.8 Å². The molecule has 0 bridgehead atoms. The van der Waals surface area contributed by atoms with Crippen molar-refractivity contribution in [3.05, 3.63) is 54.6 Å². The first-order chi connectivity index (χ1) is 9.70. The molecular weight excluding hydrogens is 248 g/mol. The largest absolute Gasteiger partial charge is 0.330 e. The lowest BCUT2D eigenvalue weighted by Crippen LogP contribution is -2.22. The number of hydrogen-bond acceptors (Lipinski definition) is 2. The van der Waals surface area contributed by atoms with Crippen molar-refractivity contribution in [2.75, 3.05) is 11.9 Å². The first kappa shape index (κ1) is 14.3. The number of carbonyl (C=O) groups is 1. The van der Waals surface area contributed by atoms with Gasteiger partial charge in [0, 0.05) is 11.6 Å². The number of nitrogens with two attached hydrogens (primary N) is 1. The van der Waals surface area contributed by atoms with Gasteiger partial charge in [0.15, 0.2) is 0 Å². The molecule has 3 heteroatoms. The monoisotopic (exact) mass is 268 g/mol. The van der Waals surface area contributed by atoms with Crippen LogP contribution in [0.3, 0.4) is 0 Å². The Morgan fingerprint density at radius 1 is 1.10 bits per heavy atom. The number of anilines is 1. The van der Waals surface area contributed by atoms with Gasteiger partial charge in [-0.3, -0.25) is 4.79 Å². The summed E-state index contributed by atoms with van der Waals surface area (Å²) in [6.07, 6.45) is 0.699. The molecule has 2 aromatic rings. The van der Waals surface area contributed by atoms with Crippen LogP contribution in [0.15, 0.2) is 54.6 Å². The van der Waals surface area contributed by atoms with Gasteiger partial charge in [-0.2, -0.15) is 0 Å². The Kier molecular flexibility index (Phi) is 4.91. The fraction of sp³-hybridized carbons (Fsp3) is 0.235. The lowest BCUT2D eigenvalue weighted by Gasteiger charge is -2.12. The number of nitrogens with one attached hydrogen (secondary N) is 1. The highest BCUT2D eigenvalue weighted by molar-refractivity contribution is 5.93. The molecule has 3 nitrogen and oxygen atoms in total. The van der Waals surface area contributed by atoms with Gasteiger partial charge in [-0.25, -0.2) is 0 Å². The van der Waals surface area contributed by atoms with Crippen LogP contribution in [0, 0.1) is 5.92 Å². The van der Waals surface area contributed by atoms with Gasteiger partial charge >= 0.3 is 0 Å². The zero-order valence-electron chi connectivity index (χ0n) is 11.7. The van der Waals surface area contributed by atoms with Gasteiger partial charge in [-0.15, -0.1) is 0 Å². The van der Waals surface area contributed by atoms with Gasteiger partial charge in [-0.1, -0.05) is 49.4 Å². The summed E-state index contributed by atoms with van der Waals surface area (Å²) >= 11 is 0. The Bertz CT molecular complexity index is 566. The highest BCUT2D eigenvalue weighted by Gasteiger charge is 2.12. The van der Waals surface area contributed by atoms with E-state index in [1.165, 1.54) is 0 Å². The van der Waals surface area contributed by atoms with Crippen LogP contribution < -0.4 is 11.1 Å². The van der Waals surface area contributed by atoms with E-state index in [0.717, 1.165) is 16.8 Å². The van der Waals surface area contributed by atoms with Crippen LogP contribution in [-0.2, 0) is 4.79 Å². The van der Waals surface area contributed by atoms with E-state index in [4.69, 9.17) is 5.73 Å². The highest BCUT2D eigenvalue weighted by atomic mass is 16.1. The zero-order valence-corrected chi connectivity index (χ0v) is 11.7. The van der Waals surface area contributed by atoms with Gasteiger partial charge in [0.05, 0.1) is 0 Å². The molecule has 0 aliphatic heterocycles. The molecule has 0 radical (unpaired) electrons. The second kappa shape index (κ2) is 6.87. The predicted molar refractivity (Wildman–Crippen MR) is 83.3 cm³/mol. The molecule has 0 fully saturated rings. The van der Waals surface area contributed by atoms with Gasteiger partial charge in [0.1, 0.15) is 0 Å². The van der Waals surface area contributed by atoms with E-state index in [1.807, 2.05) is 49.4 Å². The smallest absolute Gasteiger partial charge is 0.227 e. The van der Waals surface area contributed by atoms with Crippen LogP contribution in [-0.4, -0.2) is 12.5 Å². The fourth-order valence-corrected chi connectivity index (χ4v) is 2.05. The van der Waals surface area contributed by atoms with E-state index in [0.29, 0.717) is 13.0 Å². The van der Waals surface area contributed by atoms with Crippen molar-refractivity contribution in [3.8, 4) is 11.1 Å². The number of amides is 1. The molecule has 2 rings (SSSR count). The minimum atomic E-state index is -0.0691. The Hall–Kier alpha value is -2.13. The molecule has 0 spiro atoms. The average molecular weight is 268 g/mol. The first-order valence-corrected chi connectivity index (χ1v) is 6.87. The van der Waals surface area contributed by atoms with Crippen LogP contribution in [0.5, 0.6) is 0 Å². The van der Waals surface area contributed by atoms with E-state index >= 15 is 0 Å². The van der Waals surface area contributed by atoms with Crippen LogP contribution in [0.1, 0.15) is 13.3 Å². The molecule has 0 aliphatic rings. The topological polar surface area (TPSA) is 55.1 Å². The van der Waals surface area contributed by atoms with Crippen molar-refractivity contribution in [1.82, 2.24) is 0 Å². The number of rotatable bonds is 5. The first-order valence-electron chi connectivity index (χ1n) is 6.87. The van der Waals surface area contributed by atoms with E-state index < -0.39 is 0 Å². The summed E-state index contributed by atoms with van der Waals surface area (Å²) in [5, 5.41) is 2.94. The summed E-state index contributed by atoms with van der Waals surface area (Å²) in [5.74, 6) is -0.0546. The quantitative estimate of drug-likeness (QED) is 0.874. The summed E-state index contributed by atoms with van der Waals surface area (Å²) in [7, 11) is 0. The summed E-state index contributed by atoms with van der Waals surface area (Å²) in [5.41, 5.74) is 8.53. The molecule has 104 valence electrons. The van der Waals surface area contributed by atoms with Crippen LogP contribution in [0.25, 0.3) is 11.1 Å². The second-order valence-electron chi connectivity index (χ2n) is 4.91. The summed E-state index contributed by atoms with van der Waals surface area (Å²) in [4.78, 5) is 12.0. The Morgan fingerprint density at radius 3 is 2.50 bits per heavy atom. The maximum Gasteiger partial charge on any atom is 0.227 e. The second-order valence-corrected chi connectivity index (χ2v) is 4.91. The van der Waals surface area contributed by atoms with Crippen LogP contribution in [0.4, 0.5) is 5.69 Å². The van der Waals surface area contributed by atoms with Crippen molar-refractivity contribution in [2.45, 2.75) is 13.3 Å². The standard InChI is InChI=1S/C17H20N2O/c1-13(10-11-18)17(20)19-16-9-5-8-15(12-16)14-6-3-2-4-7-14/h2-9,12-13H,10-11,18H2,1H3,(H,19,20)/t13-/m0/s1. The zero-order chi connectivity index (χ0) is 14.4.